The summed E-state index contributed by atoms with van der Waals surface area (Å²) in [5, 5.41) is 0.259. The molecule has 1 aromatic carbocycles. The summed E-state index contributed by atoms with van der Waals surface area (Å²) in [6.07, 6.45) is 3.05. The van der Waals surface area contributed by atoms with Gasteiger partial charge < -0.3 is 18.9 Å². The summed E-state index contributed by atoms with van der Waals surface area (Å²) in [7, 11) is 9.44. The van der Waals surface area contributed by atoms with Gasteiger partial charge >= 0.3 is 0 Å². The third-order valence-electron chi connectivity index (χ3n) is 4.67. The molecule has 1 atom stereocenters. The number of nitrogens with zero attached hydrogens (tertiary/aromatic N) is 3. The van der Waals surface area contributed by atoms with E-state index >= 15 is 0 Å². The van der Waals surface area contributed by atoms with Crippen LogP contribution in [0.25, 0.3) is 0 Å². The normalized spacial score (nSPS) is 14.4. The molecule has 2 radical (unpaired) electrons. The number of rotatable bonds is 6. The lowest BCUT2D eigenvalue weighted by atomic mass is 9.91. The summed E-state index contributed by atoms with van der Waals surface area (Å²) in [4.78, 5) is 19.3. The van der Waals surface area contributed by atoms with E-state index in [1.54, 1.807) is 31.0 Å². The lowest BCUT2D eigenvalue weighted by Crippen LogP contribution is -2.34. The first-order valence-electron chi connectivity index (χ1n) is 8.51. The van der Waals surface area contributed by atoms with Crippen LogP contribution in [0.1, 0.15) is 24.9 Å². The van der Waals surface area contributed by atoms with Crippen molar-refractivity contribution in [3.63, 3.8) is 0 Å². The van der Waals surface area contributed by atoms with Gasteiger partial charge in [-0.05, 0) is 30.5 Å². The molecular formula is C18H21BClN3O3. The molecule has 0 saturated carbocycles. The molecule has 2 heterocycles. The number of anilines is 2. The van der Waals surface area contributed by atoms with Gasteiger partial charge in [0.05, 0.1) is 19.8 Å². The molecule has 0 amide bonds. The Hall–Kier alpha value is -1.99. The van der Waals surface area contributed by atoms with E-state index in [2.05, 4.69) is 4.98 Å². The zero-order valence-electron chi connectivity index (χ0n) is 15.2. The molecule has 0 bridgehead atoms. The molecular weight excluding hydrogens is 352 g/mol. The number of hydrogen-bond acceptors (Lipinski definition) is 5. The van der Waals surface area contributed by atoms with Crippen LogP contribution in [0.4, 0.5) is 11.5 Å². The number of benzene rings is 1. The third-order valence-corrected chi connectivity index (χ3v) is 4.85. The maximum Gasteiger partial charge on any atom is 0.294 e. The van der Waals surface area contributed by atoms with Gasteiger partial charge in [0.15, 0.2) is 0 Å². The van der Waals surface area contributed by atoms with Crippen molar-refractivity contribution in [2.45, 2.75) is 25.8 Å². The summed E-state index contributed by atoms with van der Waals surface area (Å²) >= 11 is 6.23. The van der Waals surface area contributed by atoms with E-state index in [1.165, 1.54) is 0 Å². The highest BCUT2D eigenvalue weighted by Gasteiger charge is 2.27. The van der Waals surface area contributed by atoms with E-state index in [0.717, 1.165) is 24.1 Å². The molecule has 1 aliphatic heterocycles. The molecule has 0 N–H and O–H groups in total. The Morgan fingerprint density at radius 3 is 2.81 bits per heavy atom. The van der Waals surface area contributed by atoms with Gasteiger partial charge in [-0.2, -0.15) is 0 Å². The highest BCUT2D eigenvalue weighted by Crippen LogP contribution is 2.33. The van der Waals surface area contributed by atoms with Gasteiger partial charge in [0.1, 0.15) is 18.7 Å². The van der Waals surface area contributed by atoms with Crippen LogP contribution in [-0.2, 0) is 11.2 Å². The van der Waals surface area contributed by atoms with Crippen molar-refractivity contribution in [2.24, 2.45) is 0 Å². The molecule has 0 saturated heterocycles. The maximum atomic E-state index is 13.1. The van der Waals surface area contributed by atoms with Gasteiger partial charge in [-0.3, -0.25) is 4.79 Å². The van der Waals surface area contributed by atoms with Crippen molar-refractivity contribution in [3.05, 3.63) is 39.4 Å². The molecule has 1 aromatic heterocycles. The van der Waals surface area contributed by atoms with Crippen LogP contribution >= 0.6 is 11.6 Å². The van der Waals surface area contributed by atoms with Gasteiger partial charge in [-0.1, -0.05) is 24.0 Å². The van der Waals surface area contributed by atoms with Crippen LogP contribution < -0.4 is 20.7 Å². The first kappa shape index (κ1) is 18.8. The van der Waals surface area contributed by atoms with Crippen molar-refractivity contribution >= 4 is 36.4 Å². The van der Waals surface area contributed by atoms with E-state index in [1.807, 2.05) is 17.9 Å². The van der Waals surface area contributed by atoms with Gasteiger partial charge in [-0.25, -0.2) is 4.98 Å². The number of aromatic nitrogens is 2. The quantitative estimate of drug-likeness (QED) is 0.725. The standard InChI is InChI=1S/C18H21BClN3O3/c1-4-12(10-25-2)23-9-15(20)21-17(18(23)24)22-6-5-11-7-13(26-3)8-14(19)16(11)22/h7-9,12H,4-6,10H2,1-3H3/t12-/m1/s1. The van der Waals surface area contributed by atoms with Crippen LogP contribution in [0.3, 0.4) is 0 Å². The van der Waals surface area contributed by atoms with E-state index < -0.39 is 0 Å². The lowest BCUT2D eigenvalue weighted by Gasteiger charge is -2.23. The molecule has 136 valence electrons. The number of methoxy groups -OCH3 is 2. The molecule has 0 spiro atoms. The van der Waals surface area contributed by atoms with E-state index in [4.69, 9.17) is 28.9 Å². The second kappa shape index (κ2) is 7.72. The maximum absolute atomic E-state index is 13.1. The zero-order valence-corrected chi connectivity index (χ0v) is 15.9. The zero-order chi connectivity index (χ0) is 18.8. The lowest BCUT2D eigenvalue weighted by molar-refractivity contribution is 0.151. The van der Waals surface area contributed by atoms with Crippen LogP contribution in [0.15, 0.2) is 23.1 Å². The van der Waals surface area contributed by atoms with E-state index in [9.17, 15) is 4.79 Å². The average Bonchev–Trinajstić information content (AvgIpc) is 3.05. The topological polar surface area (TPSA) is 56.6 Å². The fourth-order valence-electron chi connectivity index (χ4n) is 3.38. The SMILES string of the molecule is [B]c1cc(OC)cc2c1N(c1nc(Cl)cn([C@H](CC)COC)c1=O)CC2. The Labute approximate surface area is 159 Å². The minimum Gasteiger partial charge on any atom is -0.497 e. The van der Waals surface area contributed by atoms with Gasteiger partial charge in [-0.15, -0.1) is 0 Å². The highest BCUT2D eigenvalue weighted by atomic mass is 35.5. The van der Waals surface area contributed by atoms with Crippen LogP contribution in [-0.4, -0.2) is 44.8 Å². The molecule has 1 aliphatic rings. The molecule has 6 nitrogen and oxygen atoms in total. The Morgan fingerprint density at radius 1 is 1.38 bits per heavy atom. The van der Waals surface area contributed by atoms with Crippen molar-refractivity contribution in [3.8, 4) is 5.75 Å². The Bertz CT molecular complexity index is 871. The summed E-state index contributed by atoms with van der Waals surface area (Å²) in [6, 6.07) is 3.58. The van der Waals surface area contributed by atoms with Crippen LogP contribution in [0.2, 0.25) is 5.15 Å². The van der Waals surface area contributed by atoms with E-state index in [-0.39, 0.29) is 22.6 Å². The molecule has 2 aromatic rings. The summed E-state index contributed by atoms with van der Waals surface area (Å²) in [6.45, 7) is 3.03. The fraction of sp³-hybridized carbons (Fsp3) is 0.444. The Kier molecular flexibility index (Phi) is 5.58. The van der Waals surface area contributed by atoms with Crippen molar-refractivity contribution in [1.29, 1.82) is 0 Å². The first-order valence-corrected chi connectivity index (χ1v) is 8.89. The fourth-order valence-corrected chi connectivity index (χ4v) is 3.57. The molecule has 3 rings (SSSR count). The van der Waals surface area contributed by atoms with Crippen molar-refractivity contribution < 1.29 is 9.47 Å². The minimum atomic E-state index is -0.207. The third kappa shape index (κ3) is 3.33. The summed E-state index contributed by atoms with van der Waals surface area (Å²) in [5.41, 5.74) is 2.16. The second-order valence-corrected chi connectivity index (χ2v) is 6.63. The Morgan fingerprint density at radius 2 is 2.15 bits per heavy atom. The summed E-state index contributed by atoms with van der Waals surface area (Å²) < 4.78 is 12.1. The second-order valence-electron chi connectivity index (χ2n) is 6.24. The number of ether oxygens (including phenoxy) is 2. The average molecular weight is 374 g/mol. The van der Waals surface area contributed by atoms with Gasteiger partial charge in [0.25, 0.3) is 5.56 Å². The van der Waals surface area contributed by atoms with Crippen LogP contribution in [0.5, 0.6) is 5.75 Å². The predicted octanol–water partition coefficient (Wildman–Crippen LogP) is 1.99. The largest absolute Gasteiger partial charge is 0.497 e. The van der Waals surface area contributed by atoms with E-state index in [0.29, 0.717) is 24.4 Å². The molecule has 8 heteroatoms. The first-order chi connectivity index (χ1) is 12.5. The predicted molar refractivity (Wildman–Crippen MR) is 104 cm³/mol. The number of halogens is 1. The Balaban J connectivity index is 2.10. The molecule has 26 heavy (non-hydrogen) atoms. The minimum absolute atomic E-state index is 0.109. The molecule has 0 unspecified atom stereocenters. The molecule has 0 aliphatic carbocycles. The molecule has 0 fully saturated rings. The van der Waals surface area contributed by atoms with Gasteiger partial charge in [0, 0.05) is 25.5 Å². The van der Waals surface area contributed by atoms with Crippen molar-refractivity contribution in [2.75, 3.05) is 32.3 Å². The number of hydrogen-bond donors (Lipinski definition) is 0. The van der Waals surface area contributed by atoms with Gasteiger partial charge in [0.2, 0.25) is 5.82 Å². The van der Waals surface area contributed by atoms with Crippen molar-refractivity contribution in [1.82, 2.24) is 9.55 Å². The summed E-state index contributed by atoms with van der Waals surface area (Å²) in [5.74, 6) is 0.980. The van der Waals surface area contributed by atoms with Crippen LogP contribution in [0, 0.1) is 0 Å². The number of fused-ring (bicyclic) bond motifs is 1. The smallest absolute Gasteiger partial charge is 0.294 e. The monoisotopic (exact) mass is 373 g/mol. The highest BCUT2D eigenvalue weighted by molar-refractivity contribution is 6.36.